The Hall–Kier alpha value is -0.320. The summed E-state index contributed by atoms with van der Waals surface area (Å²) >= 11 is 5.80. The lowest BCUT2D eigenvalue weighted by Gasteiger charge is -2.36. The molecule has 0 aliphatic carbocycles. The molecule has 0 aromatic rings. The van der Waals surface area contributed by atoms with Gasteiger partial charge in [-0.05, 0) is 26.7 Å². The molecule has 0 atom stereocenters. The lowest BCUT2D eigenvalue weighted by Crippen LogP contribution is -2.47. The Labute approximate surface area is 108 Å². The summed E-state index contributed by atoms with van der Waals surface area (Å²) in [5.41, 5.74) is -0.486. The third kappa shape index (κ3) is 4.12. The van der Waals surface area contributed by atoms with Crippen LogP contribution in [0.15, 0.2) is 0 Å². The van der Waals surface area contributed by atoms with Crippen LogP contribution in [0.3, 0.4) is 0 Å². The molecule has 100 valence electrons. The third-order valence-electron chi connectivity index (χ3n) is 3.09. The molecule has 0 aromatic heterocycles. The van der Waals surface area contributed by atoms with Crippen LogP contribution in [0.25, 0.3) is 0 Å². The minimum absolute atomic E-state index is 0.0540. The summed E-state index contributed by atoms with van der Waals surface area (Å²) in [6.45, 7) is 5.61. The summed E-state index contributed by atoms with van der Waals surface area (Å²) in [5.74, 6) is 0.459. The molecule has 4 nitrogen and oxygen atoms in total. The molecule has 1 aliphatic heterocycles. The van der Waals surface area contributed by atoms with E-state index in [0.717, 1.165) is 25.9 Å². The van der Waals surface area contributed by atoms with E-state index in [2.05, 4.69) is 0 Å². The summed E-state index contributed by atoms with van der Waals surface area (Å²) in [6.07, 6.45) is 1.85. The van der Waals surface area contributed by atoms with Crippen LogP contribution in [0.5, 0.6) is 0 Å². The summed E-state index contributed by atoms with van der Waals surface area (Å²) in [7, 11) is 0. The van der Waals surface area contributed by atoms with Crippen molar-refractivity contribution in [2.45, 2.75) is 32.8 Å². The fourth-order valence-electron chi connectivity index (χ4n) is 1.93. The number of piperidine rings is 1. The minimum Gasteiger partial charge on any atom is -0.394 e. The molecule has 0 radical (unpaired) electrons. The van der Waals surface area contributed by atoms with Gasteiger partial charge < -0.3 is 14.7 Å². The fourth-order valence-corrected chi connectivity index (χ4v) is 2.04. The maximum absolute atomic E-state index is 12.1. The van der Waals surface area contributed by atoms with Crippen molar-refractivity contribution in [3.05, 3.63) is 0 Å². The molecule has 1 rings (SSSR count). The fraction of sp³-hybridized carbons (Fsp3) is 0.917. The number of rotatable bonds is 5. The van der Waals surface area contributed by atoms with Gasteiger partial charge in [0.1, 0.15) is 0 Å². The predicted molar refractivity (Wildman–Crippen MR) is 67.1 cm³/mol. The number of ether oxygens (including phenoxy) is 1. The summed E-state index contributed by atoms with van der Waals surface area (Å²) in [5, 5.41) is 8.67. The van der Waals surface area contributed by atoms with E-state index in [1.54, 1.807) is 0 Å². The summed E-state index contributed by atoms with van der Waals surface area (Å²) in [6, 6.07) is 0. The van der Waals surface area contributed by atoms with Gasteiger partial charge in [-0.3, -0.25) is 4.79 Å². The van der Waals surface area contributed by atoms with Gasteiger partial charge in [0, 0.05) is 19.0 Å². The van der Waals surface area contributed by atoms with Crippen molar-refractivity contribution in [3.63, 3.8) is 0 Å². The zero-order valence-electron chi connectivity index (χ0n) is 10.6. The van der Waals surface area contributed by atoms with Crippen LogP contribution in [0.2, 0.25) is 0 Å². The maximum Gasteiger partial charge on any atom is 0.229 e. The van der Waals surface area contributed by atoms with E-state index >= 15 is 0 Å². The Morgan fingerprint density at radius 3 is 2.53 bits per heavy atom. The highest BCUT2D eigenvalue weighted by Gasteiger charge is 2.33. The Kier molecular flexibility index (Phi) is 5.70. The molecule has 1 amide bonds. The van der Waals surface area contributed by atoms with Gasteiger partial charge in [0.05, 0.1) is 24.7 Å². The topological polar surface area (TPSA) is 49.8 Å². The largest absolute Gasteiger partial charge is 0.394 e. The van der Waals surface area contributed by atoms with Crippen LogP contribution in [-0.4, -0.2) is 54.2 Å². The van der Waals surface area contributed by atoms with E-state index in [1.165, 1.54) is 0 Å². The summed E-state index contributed by atoms with van der Waals surface area (Å²) in [4.78, 5) is 14.0. The number of hydrogen-bond acceptors (Lipinski definition) is 3. The number of nitrogens with zero attached hydrogens (tertiary/aromatic N) is 1. The van der Waals surface area contributed by atoms with Crippen molar-refractivity contribution in [3.8, 4) is 0 Å². The number of carbonyl (C=O) groups excluding carboxylic acids is 1. The van der Waals surface area contributed by atoms with E-state index < -0.39 is 5.41 Å². The lowest BCUT2D eigenvalue weighted by atomic mass is 9.93. The minimum atomic E-state index is -0.486. The molecule has 1 N–H and O–H groups in total. The Morgan fingerprint density at radius 1 is 1.47 bits per heavy atom. The zero-order valence-corrected chi connectivity index (χ0v) is 11.4. The second-order valence-corrected chi connectivity index (χ2v) is 5.37. The summed E-state index contributed by atoms with van der Waals surface area (Å²) < 4.78 is 5.46. The molecule has 0 unspecified atom stereocenters. The van der Waals surface area contributed by atoms with Crippen LogP contribution in [0, 0.1) is 5.41 Å². The van der Waals surface area contributed by atoms with Crippen LogP contribution >= 0.6 is 11.6 Å². The first-order valence-electron chi connectivity index (χ1n) is 6.09. The number of hydrogen-bond donors (Lipinski definition) is 1. The molecule has 5 heteroatoms. The molecular formula is C12H22ClNO3. The molecule has 0 spiro atoms. The second kappa shape index (κ2) is 6.57. The molecule has 1 saturated heterocycles. The number of carbonyl (C=O) groups is 1. The smallest absolute Gasteiger partial charge is 0.229 e. The predicted octanol–water partition coefficient (Wildman–Crippen LogP) is 1.25. The van der Waals surface area contributed by atoms with Crippen LogP contribution in [0.4, 0.5) is 0 Å². The molecule has 1 fully saturated rings. The van der Waals surface area contributed by atoms with Crippen LogP contribution in [0.1, 0.15) is 26.7 Å². The van der Waals surface area contributed by atoms with E-state index in [1.807, 2.05) is 18.7 Å². The molecule has 1 aliphatic rings. The first-order valence-corrected chi connectivity index (χ1v) is 6.62. The Balaban J connectivity index is 2.39. The maximum atomic E-state index is 12.1. The van der Waals surface area contributed by atoms with E-state index in [4.69, 9.17) is 21.4 Å². The quantitative estimate of drug-likeness (QED) is 0.760. The van der Waals surface area contributed by atoms with Crippen LogP contribution in [-0.2, 0) is 9.53 Å². The van der Waals surface area contributed by atoms with Gasteiger partial charge in [0.15, 0.2) is 0 Å². The van der Waals surface area contributed by atoms with Gasteiger partial charge in [0.25, 0.3) is 0 Å². The number of likely N-dealkylation sites (tertiary alicyclic amines) is 1. The highest BCUT2D eigenvalue weighted by molar-refractivity contribution is 6.19. The molecule has 1 heterocycles. The van der Waals surface area contributed by atoms with Gasteiger partial charge in [-0.1, -0.05) is 0 Å². The number of aliphatic hydroxyl groups is 1. The average Bonchev–Trinajstić information content (AvgIpc) is 2.36. The van der Waals surface area contributed by atoms with Crippen molar-refractivity contribution >= 4 is 17.5 Å². The van der Waals surface area contributed by atoms with Gasteiger partial charge >= 0.3 is 0 Å². The van der Waals surface area contributed by atoms with Gasteiger partial charge in [0.2, 0.25) is 5.91 Å². The third-order valence-corrected chi connectivity index (χ3v) is 3.76. The van der Waals surface area contributed by atoms with Crippen molar-refractivity contribution < 1.29 is 14.6 Å². The van der Waals surface area contributed by atoms with Crippen molar-refractivity contribution in [1.82, 2.24) is 4.90 Å². The SMILES string of the molecule is CC(C)(CCl)C(=O)N1CCC(OCCO)CC1. The van der Waals surface area contributed by atoms with E-state index in [0.29, 0.717) is 12.5 Å². The zero-order chi connectivity index (χ0) is 12.9. The van der Waals surface area contributed by atoms with E-state index in [-0.39, 0.29) is 18.6 Å². The second-order valence-electron chi connectivity index (χ2n) is 5.10. The average molecular weight is 264 g/mol. The standard InChI is InChI=1S/C12H22ClNO3/c1-12(2,9-13)11(16)14-5-3-10(4-6-14)17-8-7-15/h10,15H,3-9H2,1-2H3. The van der Waals surface area contributed by atoms with Crippen molar-refractivity contribution in [1.29, 1.82) is 0 Å². The normalized spacial score (nSPS) is 18.5. The molecule has 0 aromatic carbocycles. The Bertz CT molecular complexity index is 250. The van der Waals surface area contributed by atoms with Crippen molar-refractivity contribution in [2.24, 2.45) is 5.41 Å². The highest BCUT2D eigenvalue weighted by Crippen LogP contribution is 2.23. The molecule has 17 heavy (non-hydrogen) atoms. The lowest BCUT2D eigenvalue weighted by molar-refractivity contribution is -0.142. The number of amides is 1. The van der Waals surface area contributed by atoms with Gasteiger partial charge in [-0.15, -0.1) is 11.6 Å². The van der Waals surface area contributed by atoms with Gasteiger partial charge in [-0.25, -0.2) is 0 Å². The monoisotopic (exact) mass is 263 g/mol. The number of aliphatic hydroxyl groups excluding tert-OH is 1. The molecule has 0 bridgehead atoms. The van der Waals surface area contributed by atoms with Crippen molar-refractivity contribution in [2.75, 3.05) is 32.2 Å². The van der Waals surface area contributed by atoms with E-state index in [9.17, 15) is 4.79 Å². The number of alkyl halides is 1. The highest BCUT2D eigenvalue weighted by atomic mass is 35.5. The first-order chi connectivity index (χ1) is 8.01. The van der Waals surface area contributed by atoms with Gasteiger partial charge in [-0.2, -0.15) is 0 Å². The molecule has 0 saturated carbocycles. The Morgan fingerprint density at radius 2 is 2.06 bits per heavy atom. The number of halogens is 1. The van der Waals surface area contributed by atoms with Crippen LogP contribution < -0.4 is 0 Å². The first kappa shape index (κ1) is 14.7. The molecular weight excluding hydrogens is 242 g/mol.